The largest absolute Gasteiger partial charge is 0.460 e. The highest BCUT2D eigenvalue weighted by molar-refractivity contribution is 5.84. The van der Waals surface area contributed by atoms with Crippen molar-refractivity contribution in [3.05, 3.63) is 71.8 Å². The van der Waals surface area contributed by atoms with Gasteiger partial charge in [-0.25, -0.2) is 4.79 Å². The summed E-state index contributed by atoms with van der Waals surface area (Å²) in [6, 6.07) is 18.8. The van der Waals surface area contributed by atoms with Crippen molar-refractivity contribution in [3.63, 3.8) is 0 Å². The van der Waals surface area contributed by atoms with E-state index in [0.717, 1.165) is 37.1 Å². The van der Waals surface area contributed by atoms with E-state index in [1.807, 2.05) is 60.7 Å². The Kier molecular flexibility index (Phi) is 5.96. The number of aliphatic imine (C=N–C) groups is 1. The third-order valence-electron chi connectivity index (χ3n) is 4.46. The molecule has 1 aliphatic heterocycles. The van der Waals surface area contributed by atoms with Crippen LogP contribution < -0.4 is 0 Å². The van der Waals surface area contributed by atoms with Gasteiger partial charge in [-0.05, 0) is 31.0 Å². The lowest BCUT2D eigenvalue weighted by molar-refractivity contribution is -0.152. The number of benzene rings is 2. The quantitative estimate of drug-likeness (QED) is 0.620. The number of rotatable bonds is 5. The molecule has 0 saturated carbocycles. The minimum absolute atomic E-state index is 0.0122. The van der Waals surface area contributed by atoms with Gasteiger partial charge in [0.05, 0.1) is 0 Å². The van der Waals surface area contributed by atoms with Crippen LogP contribution in [0.3, 0.4) is 0 Å². The number of ether oxygens (including phenoxy) is 1. The SMILES string of the molecule is CN1CCC(OC(=O)C(N=Cc2ccccc2)c2ccccc2)CC1. The monoisotopic (exact) mass is 336 g/mol. The molecule has 1 aliphatic rings. The summed E-state index contributed by atoms with van der Waals surface area (Å²) < 4.78 is 5.77. The second kappa shape index (κ2) is 8.58. The topological polar surface area (TPSA) is 41.9 Å². The molecular formula is C21H24N2O2. The van der Waals surface area contributed by atoms with E-state index in [1.165, 1.54) is 0 Å². The van der Waals surface area contributed by atoms with Gasteiger partial charge in [0.1, 0.15) is 6.10 Å². The fourth-order valence-electron chi connectivity index (χ4n) is 2.95. The fourth-order valence-corrected chi connectivity index (χ4v) is 2.95. The van der Waals surface area contributed by atoms with E-state index in [-0.39, 0.29) is 12.1 Å². The predicted octanol–water partition coefficient (Wildman–Crippen LogP) is 3.48. The molecule has 2 aromatic rings. The van der Waals surface area contributed by atoms with Crippen LogP contribution in [0, 0.1) is 0 Å². The van der Waals surface area contributed by atoms with Gasteiger partial charge in [0.25, 0.3) is 0 Å². The average Bonchev–Trinajstić information content (AvgIpc) is 2.65. The molecule has 25 heavy (non-hydrogen) atoms. The lowest BCUT2D eigenvalue weighted by Gasteiger charge is -2.29. The van der Waals surface area contributed by atoms with Crippen molar-refractivity contribution in [2.24, 2.45) is 4.99 Å². The molecule has 0 aliphatic carbocycles. The molecule has 1 fully saturated rings. The summed E-state index contributed by atoms with van der Waals surface area (Å²) in [6.07, 6.45) is 3.49. The number of likely N-dealkylation sites (tertiary alicyclic amines) is 1. The van der Waals surface area contributed by atoms with E-state index in [4.69, 9.17) is 4.74 Å². The van der Waals surface area contributed by atoms with Gasteiger partial charge < -0.3 is 9.64 Å². The van der Waals surface area contributed by atoms with Gasteiger partial charge in [-0.2, -0.15) is 0 Å². The lowest BCUT2D eigenvalue weighted by atomic mass is 10.1. The van der Waals surface area contributed by atoms with Gasteiger partial charge in [0.2, 0.25) is 0 Å². The summed E-state index contributed by atoms with van der Waals surface area (Å²) in [6.45, 7) is 1.92. The standard InChI is InChI=1S/C21H24N2O2/c1-23-14-12-19(13-15-23)25-21(24)20(18-10-6-3-7-11-18)22-16-17-8-4-2-5-9-17/h2-11,16,19-20H,12-15H2,1H3. The molecule has 1 saturated heterocycles. The highest BCUT2D eigenvalue weighted by atomic mass is 16.5. The Labute approximate surface area is 149 Å². The van der Waals surface area contributed by atoms with Crippen molar-refractivity contribution in [1.82, 2.24) is 4.90 Å². The van der Waals surface area contributed by atoms with Crippen LogP contribution in [0.4, 0.5) is 0 Å². The summed E-state index contributed by atoms with van der Waals surface area (Å²) in [5, 5.41) is 0. The van der Waals surface area contributed by atoms with E-state index < -0.39 is 6.04 Å². The Bertz CT molecular complexity index is 692. The molecule has 4 nitrogen and oxygen atoms in total. The molecule has 4 heteroatoms. The van der Waals surface area contributed by atoms with Crippen LogP contribution in [-0.2, 0) is 9.53 Å². The fraction of sp³-hybridized carbons (Fsp3) is 0.333. The normalized spacial score (nSPS) is 17.5. The Morgan fingerprint density at radius 2 is 1.68 bits per heavy atom. The van der Waals surface area contributed by atoms with Gasteiger partial charge in [-0.1, -0.05) is 60.7 Å². The van der Waals surface area contributed by atoms with Crippen molar-refractivity contribution in [2.75, 3.05) is 20.1 Å². The van der Waals surface area contributed by atoms with Crippen LogP contribution >= 0.6 is 0 Å². The van der Waals surface area contributed by atoms with Gasteiger partial charge in [-0.3, -0.25) is 4.99 Å². The summed E-state index contributed by atoms with van der Waals surface area (Å²) in [4.78, 5) is 19.6. The molecule has 3 rings (SSSR count). The third kappa shape index (κ3) is 5.00. The summed E-state index contributed by atoms with van der Waals surface area (Å²) in [7, 11) is 2.09. The zero-order valence-electron chi connectivity index (χ0n) is 14.5. The molecule has 1 atom stereocenters. The molecule has 1 unspecified atom stereocenters. The highest BCUT2D eigenvalue weighted by Gasteiger charge is 2.26. The Morgan fingerprint density at radius 1 is 1.08 bits per heavy atom. The van der Waals surface area contributed by atoms with Gasteiger partial charge in [-0.15, -0.1) is 0 Å². The van der Waals surface area contributed by atoms with E-state index in [9.17, 15) is 4.79 Å². The Morgan fingerprint density at radius 3 is 2.32 bits per heavy atom. The summed E-state index contributed by atoms with van der Waals surface area (Å²) >= 11 is 0. The van der Waals surface area contributed by atoms with Crippen LogP contribution in [0.25, 0.3) is 0 Å². The maximum atomic E-state index is 12.8. The maximum absolute atomic E-state index is 12.8. The number of carbonyl (C=O) groups is 1. The first-order valence-corrected chi connectivity index (χ1v) is 8.74. The molecular weight excluding hydrogens is 312 g/mol. The Balaban J connectivity index is 1.74. The second-order valence-corrected chi connectivity index (χ2v) is 6.44. The first kappa shape index (κ1) is 17.4. The molecule has 0 radical (unpaired) electrons. The number of nitrogens with zero attached hydrogens (tertiary/aromatic N) is 2. The number of carbonyl (C=O) groups excluding carboxylic acids is 1. The van der Waals surface area contributed by atoms with Crippen LogP contribution in [-0.4, -0.2) is 43.3 Å². The maximum Gasteiger partial charge on any atom is 0.335 e. The van der Waals surface area contributed by atoms with E-state index >= 15 is 0 Å². The average molecular weight is 336 g/mol. The molecule has 0 spiro atoms. The van der Waals surface area contributed by atoms with Crippen LogP contribution in [0.1, 0.15) is 30.0 Å². The van der Waals surface area contributed by atoms with Gasteiger partial charge >= 0.3 is 5.97 Å². The highest BCUT2D eigenvalue weighted by Crippen LogP contribution is 2.22. The Hall–Kier alpha value is -2.46. The second-order valence-electron chi connectivity index (χ2n) is 6.44. The zero-order valence-corrected chi connectivity index (χ0v) is 14.5. The number of esters is 1. The molecule has 2 aromatic carbocycles. The number of piperidine rings is 1. The van der Waals surface area contributed by atoms with E-state index in [2.05, 4.69) is 16.9 Å². The lowest BCUT2D eigenvalue weighted by Crippen LogP contribution is -2.36. The van der Waals surface area contributed by atoms with Crippen LogP contribution in [0.5, 0.6) is 0 Å². The third-order valence-corrected chi connectivity index (χ3v) is 4.46. The van der Waals surface area contributed by atoms with Crippen molar-refractivity contribution in [2.45, 2.75) is 25.0 Å². The molecule has 0 bridgehead atoms. The van der Waals surface area contributed by atoms with Gasteiger partial charge in [0.15, 0.2) is 6.04 Å². The molecule has 0 N–H and O–H groups in total. The molecule has 1 heterocycles. The van der Waals surface area contributed by atoms with Crippen molar-refractivity contribution in [1.29, 1.82) is 0 Å². The van der Waals surface area contributed by atoms with Gasteiger partial charge in [0, 0.05) is 19.3 Å². The van der Waals surface area contributed by atoms with Crippen LogP contribution in [0.2, 0.25) is 0 Å². The predicted molar refractivity (Wildman–Crippen MR) is 99.8 cm³/mol. The molecule has 130 valence electrons. The zero-order chi connectivity index (χ0) is 17.5. The minimum Gasteiger partial charge on any atom is -0.460 e. The summed E-state index contributed by atoms with van der Waals surface area (Å²) in [5.74, 6) is -0.270. The molecule has 0 amide bonds. The number of hydrogen-bond donors (Lipinski definition) is 0. The summed E-state index contributed by atoms with van der Waals surface area (Å²) in [5.41, 5.74) is 1.82. The van der Waals surface area contributed by atoms with E-state index in [0.29, 0.717) is 0 Å². The number of hydrogen-bond acceptors (Lipinski definition) is 4. The van der Waals surface area contributed by atoms with E-state index in [1.54, 1.807) is 6.21 Å². The first-order chi connectivity index (χ1) is 12.2. The molecule has 0 aromatic heterocycles. The minimum atomic E-state index is -0.624. The van der Waals surface area contributed by atoms with Crippen LogP contribution in [0.15, 0.2) is 65.7 Å². The van der Waals surface area contributed by atoms with Crippen molar-refractivity contribution >= 4 is 12.2 Å². The smallest absolute Gasteiger partial charge is 0.335 e. The van der Waals surface area contributed by atoms with Crippen molar-refractivity contribution in [3.8, 4) is 0 Å². The van der Waals surface area contributed by atoms with Crippen molar-refractivity contribution < 1.29 is 9.53 Å². The first-order valence-electron chi connectivity index (χ1n) is 8.74.